The van der Waals surface area contributed by atoms with Crippen molar-refractivity contribution < 1.29 is 14.3 Å². The fourth-order valence-corrected chi connectivity index (χ4v) is 4.40. The van der Waals surface area contributed by atoms with Crippen molar-refractivity contribution in [1.29, 1.82) is 0 Å². The molecule has 1 saturated carbocycles. The fraction of sp³-hybridized carbons (Fsp3) is 0.833. The second kappa shape index (κ2) is 8.04. The largest absolute Gasteiger partial charge is 0.467 e. The summed E-state index contributed by atoms with van der Waals surface area (Å²) in [6.45, 7) is 1.41. The monoisotopic (exact) mass is 337 g/mol. The molecular formula is C12H20BrNO3S. The lowest BCUT2D eigenvalue weighted by molar-refractivity contribution is -0.144. The Morgan fingerprint density at radius 1 is 1.44 bits per heavy atom. The number of alkyl halides is 1. The molecule has 18 heavy (non-hydrogen) atoms. The van der Waals surface area contributed by atoms with Crippen molar-refractivity contribution in [2.24, 2.45) is 0 Å². The Labute approximate surface area is 121 Å². The molecule has 0 aromatic heterocycles. The molecule has 0 heterocycles. The van der Waals surface area contributed by atoms with E-state index in [1.165, 1.54) is 33.3 Å². The molecule has 0 spiro atoms. The molecule has 1 aliphatic carbocycles. The van der Waals surface area contributed by atoms with Crippen LogP contribution in [0.5, 0.6) is 0 Å². The normalized spacial score (nSPS) is 25.3. The lowest BCUT2D eigenvalue weighted by Gasteiger charge is -2.28. The van der Waals surface area contributed by atoms with Gasteiger partial charge in [0.05, 0.1) is 7.11 Å². The van der Waals surface area contributed by atoms with E-state index in [2.05, 4.69) is 21.2 Å². The van der Waals surface area contributed by atoms with Crippen molar-refractivity contribution in [2.75, 3.05) is 12.9 Å². The number of rotatable bonds is 5. The summed E-state index contributed by atoms with van der Waals surface area (Å²) in [5.74, 6) is -0.0105. The number of thioether (sulfide) groups is 1. The van der Waals surface area contributed by atoms with E-state index in [-0.39, 0.29) is 11.9 Å². The number of halogens is 1. The van der Waals surface area contributed by atoms with Crippen LogP contribution in [0, 0.1) is 0 Å². The van der Waals surface area contributed by atoms with Crippen molar-refractivity contribution in [3.05, 3.63) is 0 Å². The van der Waals surface area contributed by atoms with Crippen LogP contribution < -0.4 is 5.32 Å². The molecular weight excluding hydrogens is 318 g/mol. The highest BCUT2D eigenvalue weighted by Crippen LogP contribution is 2.33. The van der Waals surface area contributed by atoms with Gasteiger partial charge >= 0.3 is 5.97 Å². The van der Waals surface area contributed by atoms with Gasteiger partial charge in [-0.05, 0) is 12.8 Å². The molecule has 4 nitrogen and oxygen atoms in total. The Morgan fingerprint density at radius 2 is 2.11 bits per heavy atom. The fourth-order valence-electron chi connectivity index (χ4n) is 2.02. The number of methoxy groups -OCH3 is 1. The average molecular weight is 338 g/mol. The molecule has 0 radical (unpaired) electrons. The van der Waals surface area contributed by atoms with Gasteiger partial charge in [0, 0.05) is 22.8 Å². The van der Waals surface area contributed by atoms with Gasteiger partial charge in [0.15, 0.2) is 0 Å². The second-order valence-electron chi connectivity index (χ2n) is 4.45. The zero-order valence-electron chi connectivity index (χ0n) is 10.8. The summed E-state index contributed by atoms with van der Waals surface area (Å²) in [4.78, 5) is 23.1. The summed E-state index contributed by atoms with van der Waals surface area (Å²) in [7, 11) is 1.34. The van der Waals surface area contributed by atoms with Crippen molar-refractivity contribution in [3.8, 4) is 0 Å². The minimum Gasteiger partial charge on any atom is -0.467 e. The highest BCUT2D eigenvalue weighted by molar-refractivity contribution is 9.09. The molecule has 1 amide bonds. The van der Waals surface area contributed by atoms with Gasteiger partial charge in [0.1, 0.15) is 6.04 Å². The first kappa shape index (κ1) is 15.8. The Balaban J connectivity index is 2.45. The van der Waals surface area contributed by atoms with Gasteiger partial charge in [0.2, 0.25) is 5.91 Å². The van der Waals surface area contributed by atoms with Crippen molar-refractivity contribution in [2.45, 2.75) is 48.7 Å². The van der Waals surface area contributed by atoms with Crippen LogP contribution in [0.2, 0.25) is 0 Å². The third-order valence-corrected chi connectivity index (χ3v) is 5.93. The summed E-state index contributed by atoms with van der Waals surface area (Å²) in [6, 6.07) is -0.542. The van der Waals surface area contributed by atoms with E-state index in [1.54, 1.807) is 11.8 Å². The number of ether oxygens (including phenoxy) is 1. The molecule has 1 aliphatic rings. The van der Waals surface area contributed by atoms with Gasteiger partial charge < -0.3 is 10.1 Å². The van der Waals surface area contributed by atoms with Crippen LogP contribution in [-0.4, -0.2) is 40.9 Å². The first-order valence-electron chi connectivity index (χ1n) is 6.15. The molecule has 0 aliphatic heterocycles. The van der Waals surface area contributed by atoms with E-state index < -0.39 is 6.04 Å². The van der Waals surface area contributed by atoms with E-state index in [0.29, 0.717) is 15.8 Å². The topological polar surface area (TPSA) is 55.4 Å². The number of hydrogen-bond acceptors (Lipinski definition) is 4. The molecule has 1 N–H and O–H groups in total. The maximum atomic E-state index is 11.5. The minimum absolute atomic E-state index is 0.204. The smallest absolute Gasteiger partial charge is 0.329 e. The number of esters is 1. The summed E-state index contributed by atoms with van der Waals surface area (Å²) in [6.07, 6.45) is 4.84. The third-order valence-electron chi connectivity index (χ3n) is 2.96. The second-order valence-corrected chi connectivity index (χ2v) is 6.90. The Hall–Kier alpha value is -0.230. The minimum atomic E-state index is -0.542. The number of carbonyl (C=O) groups excluding carboxylic acids is 2. The lowest BCUT2D eigenvalue weighted by atomic mass is 10.0. The first-order valence-corrected chi connectivity index (χ1v) is 8.11. The zero-order valence-corrected chi connectivity index (χ0v) is 13.2. The molecule has 0 bridgehead atoms. The van der Waals surface area contributed by atoms with Gasteiger partial charge in [-0.2, -0.15) is 11.8 Å². The van der Waals surface area contributed by atoms with Crippen LogP contribution >= 0.6 is 27.7 Å². The molecule has 0 saturated heterocycles. The summed E-state index contributed by atoms with van der Waals surface area (Å²) in [5.41, 5.74) is 0. The highest BCUT2D eigenvalue weighted by atomic mass is 79.9. The van der Waals surface area contributed by atoms with Gasteiger partial charge in [-0.15, -0.1) is 0 Å². The molecule has 1 fully saturated rings. The van der Waals surface area contributed by atoms with Crippen LogP contribution in [0.3, 0.4) is 0 Å². The summed E-state index contributed by atoms with van der Waals surface area (Å²) >= 11 is 5.42. The molecule has 0 aromatic rings. The number of carbonyl (C=O) groups is 2. The summed E-state index contributed by atoms with van der Waals surface area (Å²) < 4.78 is 4.70. The average Bonchev–Trinajstić information content (AvgIpc) is 2.34. The maximum absolute atomic E-state index is 11.5. The number of nitrogens with one attached hydrogen (secondary N) is 1. The first-order chi connectivity index (χ1) is 8.54. The van der Waals surface area contributed by atoms with E-state index in [0.717, 1.165) is 6.42 Å². The van der Waals surface area contributed by atoms with Crippen LogP contribution in [-0.2, 0) is 14.3 Å². The quantitative estimate of drug-likeness (QED) is 0.616. The lowest BCUT2D eigenvalue weighted by Crippen LogP contribution is -2.43. The third kappa shape index (κ3) is 5.18. The van der Waals surface area contributed by atoms with E-state index in [1.807, 2.05) is 0 Å². The SMILES string of the molecule is COC(=O)C(CSC1CCCCC1Br)NC(C)=O. The highest BCUT2D eigenvalue weighted by Gasteiger charge is 2.27. The molecule has 3 unspecified atom stereocenters. The predicted octanol–water partition coefficient (Wildman–Crippen LogP) is 2.10. The van der Waals surface area contributed by atoms with E-state index >= 15 is 0 Å². The number of amides is 1. The maximum Gasteiger partial charge on any atom is 0.329 e. The summed E-state index contributed by atoms with van der Waals surface area (Å²) in [5, 5.41) is 3.15. The van der Waals surface area contributed by atoms with Crippen molar-refractivity contribution in [3.63, 3.8) is 0 Å². The van der Waals surface area contributed by atoms with Crippen LogP contribution in [0.15, 0.2) is 0 Å². The van der Waals surface area contributed by atoms with E-state index in [9.17, 15) is 9.59 Å². The molecule has 0 aromatic carbocycles. The van der Waals surface area contributed by atoms with Gasteiger partial charge in [0.25, 0.3) is 0 Å². The Kier molecular flexibility index (Phi) is 7.07. The van der Waals surface area contributed by atoms with Crippen molar-refractivity contribution in [1.82, 2.24) is 5.32 Å². The van der Waals surface area contributed by atoms with Crippen molar-refractivity contribution >= 4 is 39.6 Å². The molecule has 104 valence electrons. The molecule has 1 rings (SSSR count). The molecule has 3 atom stereocenters. The van der Waals surface area contributed by atoms with E-state index in [4.69, 9.17) is 4.74 Å². The Morgan fingerprint density at radius 3 is 2.67 bits per heavy atom. The van der Waals surface area contributed by atoms with Crippen LogP contribution in [0.4, 0.5) is 0 Å². The zero-order chi connectivity index (χ0) is 13.5. The van der Waals surface area contributed by atoms with Gasteiger partial charge in [-0.25, -0.2) is 4.79 Å². The Bertz CT molecular complexity index is 301. The standard InChI is InChI=1S/C12H20BrNO3S/c1-8(15)14-10(12(16)17-2)7-18-11-6-4-3-5-9(11)13/h9-11H,3-7H2,1-2H3,(H,14,15). The number of hydrogen-bond donors (Lipinski definition) is 1. The van der Waals surface area contributed by atoms with Crippen LogP contribution in [0.25, 0.3) is 0 Å². The van der Waals surface area contributed by atoms with Gasteiger partial charge in [-0.3, -0.25) is 4.79 Å². The predicted molar refractivity (Wildman–Crippen MR) is 77.0 cm³/mol. The van der Waals surface area contributed by atoms with Crippen LogP contribution in [0.1, 0.15) is 32.6 Å². The molecule has 6 heteroatoms. The van der Waals surface area contributed by atoms with Gasteiger partial charge in [-0.1, -0.05) is 28.8 Å².